The van der Waals surface area contributed by atoms with Gasteiger partial charge in [0.1, 0.15) is 5.00 Å². The number of carbonyl (C=O) groups excluding carboxylic acids is 2. The minimum atomic E-state index is -0.947. The molecule has 0 saturated heterocycles. The molecule has 7 heteroatoms. The Morgan fingerprint density at radius 3 is 2.45 bits per heavy atom. The van der Waals surface area contributed by atoms with Crippen LogP contribution in [0.2, 0.25) is 0 Å². The summed E-state index contributed by atoms with van der Waals surface area (Å²) in [5.41, 5.74) is -0.333. The van der Waals surface area contributed by atoms with Crippen LogP contribution in [-0.2, 0) is 20.7 Å². The second kappa shape index (κ2) is 7.40. The highest BCUT2D eigenvalue weighted by molar-refractivity contribution is 7.16. The van der Waals surface area contributed by atoms with Crippen LogP contribution in [0, 0.1) is 5.41 Å². The Morgan fingerprint density at radius 2 is 1.95 bits per heavy atom. The van der Waals surface area contributed by atoms with Crippen molar-refractivity contribution in [2.75, 3.05) is 12.4 Å². The maximum absolute atomic E-state index is 12.1. The molecule has 1 heterocycles. The van der Waals surface area contributed by atoms with E-state index in [4.69, 9.17) is 9.84 Å². The molecule has 22 heavy (non-hydrogen) atoms. The molecule has 0 radical (unpaired) electrons. The third kappa shape index (κ3) is 5.14. The van der Waals surface area contributed by atoms with Gasteiger partial charge in [0.05, 0.1) is 19.1 Å². The Hall–Kier alpha value is -1.89. The average molecular weight is 327 g/mol. The summed E-state index contributed by atoms with van der Waals surface area (Å²) >= 11 is 1.32. The average Bonchev–Trinajstić information content (AvgIpc) is 2.78. The first kappa shape index (κ1) is 18.2. The summed E-state index contributed by atoms with van der Waals surface area (Å²) in [6, 6.07) is 1.70. The number of ether oxygens (including phenoxy) is 1. The minimum absolute atomic E-state index is 0.0548. The van der Waals surface area contributed by atoms with Crippen molar-refractivity contribution in [3.63, 3.8) is 0 Å². The number of amides is 1. The number of esters is 1. The molecule has 122 valence electrons. The lowest BCUT2D eigenvalue weighted by Crippen LogP contribution is -2.25. The van der Waals surface area contributed by atoms with Crippen LogP contribution in [0.25, 0.3) is 0 Å². The van der Waals surface area contributed by atoms with Crippen LogP contribution in [0.4, 0.5) is 5.00 Å². The van der Waals surface area contributed by atoms with E-state index in [0.717, 1.165) is 11.3 Å². The van der Waals surface area contributed by atoms with Crippen molar-refractivity contribution in [3.8, 4) is 0 Å². The third-order valence-corrected chi connectivity index (χ3v) is 4.25. The van der Waals surface area contributed by atoms with E-state index < -0.39 is 17.4 Å². The molecule has 1 aromatic rings. The van der Waals surface area contributed by atoms with Gasteiger partial charge in [-0.3, -0.25) is 9.59 Å². The Balaban J connectivity index is 2.85. The monoisotopic (exact) mass is 327 g/mol. The summed E-state index contributed by atoms with van der Waals surface area (Å²) in [6.07, 6.45) is 0.698. The standard InChI is InChI=1S/C15H21NO5S/c1-5-9-6-10(14(20)21-4)13(22-9)16-11(17)7-15(2,3)8-12(18)19/h6H,5,7-8H2,1-4H3,(H,16,17)(H,18,19). The largest absolute Gasteiger partial charge is 0.481 e. The molecule has 0 aliphatic carbocycles. The Kier molecular flexibility index (Phi) is 6.11. The van der Waals surface area contributed by atoms with Gasteiger partial charge in [-0.1, -0.05) is 20.8 Å². The van der Waals surface area contributed by atoms with E-state index in [-0.39, 0.29) is 18.7 Å². The first-order chi connectivity index (χ1) is 10.2. The van der Waals surface area contributed by atoms with Crippen LogP contribution in [0.5, 0.6) is 0 Å². The fraction of sp³-hybridized carbons (Fsp3) is 0.533. The summed E-state index contributed by atoms with van der Waals surface area (Å²) in [5.74, 6) is -1.77. The highest BCUT2D eigenvalue weighted by Gasteiger charge is 2.26. The van der Waals surface area contributed by atoms with Crippen LogP contribution in [-0.4, -0.2) is 30.1 Å². The fourth-order valence-corrected chi connectivity index (χ4v) is 3.05. The number of methoxy groups -OCH3 is 1. The molecule has 0 spiro atoms. The number of nitrogens with one attached hydrogen (secondary N) is 1. The van der Waals surface area contributed by atoms with Gasteiger partial charge in [-0.2, -0.15) is 0 Å². The number of hydrogen-bond donors (Lipinski definition) is 2. The highest BCUT2D eigenvalue weighted by atomic mass is 32.1. The lowest BCUT2D eigenvalue weighted by atomic mass is 9.85. The number of aliphatic carboxylic acids is 1. The second-order valence-electron chi connectivity index (χ2n) is 5.76. The molecule has 0 aromatic carbocycles. The van der Waals surface area contributed by atoms with Gasteiger partial charge in [-0.05, 0) is 17.9 Å². The number of thiophene rings is 1. The lowest BCUT2D eigenvalue weighted by Gasteiger charge is -2.21. The number of carboxylic acid groups (broad SMARTS) is 1. The van der Waals surface area contributed by atoms with E-state index in [1.165, 1.54) is 18.4 Å². The van der Waals surface area contributed by atoms with Crippen molar-refractivity contribution < 1.29 is 24.2 Å². The van der Waals surface area contributed by atoms with Crippen molar-refractivity contribution in [2.45, 2.75) is 40.0 Å². The summed E-state index contributed by atoms with van der Waals surface area (Å²) in [5, 5.41) is 12.0. The van der Waals surface area contributed by atoms with Crippen molar-refractivity contribution in [3.05, 3.63) is 16.5 Å². The van der Waals surface area contributed by atoms with E-state index in [0.29, 0.717) is 10.6 Å². The maximum atomic E-state index is 12.1. The second-order valence-corrected chi connectivity index (χ2v) is 6.90. The molecule has 1 aromatic heterocycles. The zero-order chi connectivity index (χ0) is 16.9. The van der Waals surface area contributed by atoms with Crippen molar-refractivity contribution >= 4 is 34.2 Å². The SMILES string of the molecule is CCc1cc(C(=O)OC)c(NC(=O)CC(C)(C)CC(=O)O)s1. The van der Waals surface area contributed by atoms with Gasteiger partial charge < -0.3 is 15.2 Å². The van der Waals surface area contributed by atoms with E-state index in [1.807, 2.05) is 6.92 Å². The molecule has 0 unspecified atom stereocenters. The lowest BCUT2D eigenvalue weighted by molar-refractivity contribution is -0.139. The van der Waals surface area contributed by atoms with Gasteiger partial charge in [-0.25, -0.2) is 4.79 Å². The van der Waals surface area contributed by atoms with Crippen LogP contribution in [0.3, 0.4) is 0 Å². The number of carbonyl (C=O) groups is 3. The Labute approximate surface area is 133 Å². The van der Waals surface area contributed by atoms with Gasteiger partial charge in [0.2, 0.25) is 5.91 Å². The molecule has 0 aliphatic heterocycles. The van der Waals surface area contributed by atoms with Crippen LogP contribution < -0.4 is 5.32 Å². The highest BCUT2D eigenvalue weighted by Crippen LogP contribution is 2.31. The van der Waals surface area contributed by atoms with Crippen LogP contribution in [0.15, 0.2) is 6.07 Å². The first-order valence-electron chi connectivity index (χ1n) is 6.91. The number of rotatable bonds is 7. The molecule has 0 saturated carbocycles. The molecule has 1 rings (SSSR count). The molecule has 0 fully saturated rings. The van der Waals surface area contributed by atoms with Crippen LogP contribution >= 0.6 is 11.3 Å². The summed E-state index contributed by atoms with van der Waals surface area (Å²) < 4.78 is 4.71. The van der Waals surface area contributed by atoms with Gasteiger partial charge >= 0.3 is 11.9 Å². The maximum Gasteiger partial charge on any atom is 0.340 e. The van der Waals surface area contributed by atoms with Crippen LogP contribution in [0.1, 0.15) is 48.8 Å². The predicted molar refractivity (Wildman–Crippen MR) is 84.3 cm³/mol. The van der Waals surface area contributed by atoms with Gasteiger partial charge in [0, 0.05) is 11.3 Å². The topological polar surface area (TPSA) is 92.7 Å². The number of carboxylic acids is 1. The zero-order valence-corrected chi connectivity index (χ0v) is 14.0. The zero-order valence-electron chi connectivity index (χ0n) is 13.2. The Morgan fingerprint density at radius 1 is 1.32 bits per heavy atom. The molecule has 0 bridgehead atoms. The third-order valence-electron chi connectivity index (χ3n) is 3.06. The van der Waals surface area contributed by atoms with Crippen molar-refractivity contribution in [2.24, 2.45) is 5.41 Å². The number of hydrogen-bond acceptors (Lipinski definition) is 5. The first-order valence-corrected chi connectivity index (χ1v) is 7.73. The van der Waals surface area contributed by atoms with E-state index in [1.54, 1.807) is 19.9 Å². The molecule has 0 atom stereocenters. The molecule has 1 amide bonds. The van der Waals surface area contributed by atoms with Gasteiger partial charge in [0.15, 0.2) is 0 Å². The summed E-state index contributed by atoms with van der Waals surface area (Å²) in [6.45, 7) is 5.39. The van der Waals surface area contributed by atoms with Gasteiger partial charge in [-0.15, -0.1) is 11.3 Å². The Bertz CT molecular complexity index is 576. The summed E-state index contributed by atoms with van der Waals surface area (Å²) in [7, 11) is 1.28. The summed E-state index contributed by atoms with van der Waals surface area (Å²) in [4.78, 5) is 35.6. The number of aryl methyl sites for hydroxylation is 1. The van der Waals surface area contributed by atoms with E-state index in [2.05, 4.69) is 5.32 Å². The molecule has 2 N–H and O–H groups in total. The van der Waals surface area contributed by atoms with Gasteiger partial charge in [0.25, 0.3) is 0 Å². The fourth-order valence-electron chi connectivity index (χ4n) is 2.05. The molecular formula is C15H21NO5S. The van der Waals surface area contributed by atoms with E-state index in [9.17, 15) is 14.4 Å². The molecule has 6 nitrogen and oxygen atoms in total. The number of anilines is 1. The van der Waals surface area contributed by atoms with Crippen molar-refractivity contribution in [1.29, 1.82) is 0 Å². The van der Waals surface area contributed by atoms with Crippen molar-refractivity contribution in [1.82, 2.24) is 0 Å². The molecular weight excluding hydrogens is 306 g/mol. The smallest absolute Gasteiger partial charge is 0.340 e. The minimum Gasteiger partial charge on any atom is -0.481 e. The quantitative estimate of drug-likeness (QED) is 0.751. The molecule has 0 aliphatic rings. The predicted octanol–water partition coefficient (Wildman–Crippen LogP) is 2.93. The normalized spacial score (nSPS) is 11.1. The van der Waals surface area contributed by atoms with E-state index >= 15 is 0 Å².